The number of nitrogens with two attached hydrogens (primary N) is 1. The fourth-order valence-corrected chi connectivity index (χ4v) is 2.11. The van der Waals surface area contributed by atoms with E-state index >= 15 is 0 Å². The van der Waals surface area contributed by atoms with Crippen LogP contribution in [0.4, 0.5) is 0 Å². The number of hydrogen-bond donors (Lipinski definition) is 1. The van der Waals surface area contributed by atoms with E-state index in [9.17, 15) is 0 Å². The van der Waals surface area contributed by atoms with Gasteiger partial charge in [-0.2, -0.15) is 0 Å². The molecule has 0 saturated carbocycles. The zero-order valence-electron chi connectivity index (χ0n) is 12.2. The van der Waals surface area contributed by atoms with Crippen LogP contribution in [0.3, 0.4) is 0 Å². The summed E-state index contributed by atoms with van der Waals surface area (Å²) in [5.74, 6) is 1.43. The Bertz CT molecular complexity index is 527. The van der Waals surface area contributed by atoms with Crippen LogP contribution in [-0.2, 0) is 19.4 Å². The molecule has 0 bridgehead atoms. The van der Waals surface area contributed by atoms with Gasteiger partial charge in [0.2, 0.25) is 5.88 Å². The number of nitrogens with zero attached hydrogens (tertiary/aromatic N) is 1. The zero-order chi connectivity index (χ0) is 14.4. The van der Waals surface area contributed by atoms with Crippen LogP contribution in [0.2, 0.25) is 0 Å². The van der Waals surface area contributed by atoms with E-state index in [0.29, 0.717) is 12.4 Å². The minimum Gasteiger partial charge on any atom is -0.439 e. The Labute approximate surface area is 120 Å². The van der Waals surface area contributed by atoms with Gasteiger partial charge in [0.25, 0.3) is 0 Å². The van der Waals surface area contributed by atoms with E-state index < -0.39 is 0 Å². The van der Waals surface area contributed by atoms with Gasteiger partial charge in [-0.3, -0.25) is 0 Å². The second-order valence-corrected chi connectivity index (χ2v) is 4.86. The first-order valence-electron chi connectivity index (χ1n) is 7.21. The van der Waals surface area contributed by atoms with E-state index in [2.05, 4.69) is 31.0 Å². The molecule has 0 aliphatic rings. The molecule has 0 fully saturated rings. The van der Waals surface area contributed by atoms with Crippen molar-refractivity contribution in [2.75, 3.05) is 0 Å². The molecular weight excluding hydrogens is 248 g/mol. The van der Waals surface area contributed by atoms with Gasteiger partial charge < -0.3 is 10.5 Å². The highest BCUT2D eigenvalue weighted by atomic mass is 16.5. The van der Waals surface area contributed by atoms with E-state index in [1.807, 2.05) is 24.3 Å². The molecule has 20 heavy (non-hydrogen) atoms. The lowest BCUT2D eigenvalue weighted by atomic mass is 10.1. The predicted molar refractivity (Wildman–Crippen MR) is 82.0 cm³/mol. The highest BCUT2D eigenvalue weighted by molar-refractivity contribution is 5.33. The third-order valence-electron chi connectivity index (χ3n) is 3.20. The molecule has 1 aromatic heterocycles. The molecule has 2 rings (SSSR count). The molecule has 1 heterocycles. The first-order valence-corrected chi connectivity index (χ1v) is 7.21. The SMILES string of the molecule is CCCc1ccc(Oc2cc(CN)cc(CC)n2)cc1. The fourth-order valence-electron chi connectivity index (χ4n) is 2.11. The van der Waals surface area contributed by atoms with Crippen molar-refractivity contribution in [1.29, 1.82) is 0 Å². The summed E-state index contributed by atoms with van der Waals surface area (Å²) in [6.45, 7) is 4.76. The smallest absolute Gasteiger partial charge is 0.219 e. The Hall–Kier alpha value is -1.87. The zero-order valence-corrected chi connectivity index (χ0v) is 12.2. The van der Waals surface area contributed by atoms with Crippen molar-refractivity contribution in [3.8, 4) is 11.6 Å². The van der Waals surface area contributed by atoms with Gasteiger partial charge in [-0.1, -0.05) is 32.4 Å². The lowest BCUT2D eigenvalue weighted by Crippen LogP contribution is -2.00. The van der Waals surface area contributed by atoms with Gasteiger partial charge in [0, 0.05) is 18.3 Å². The van der Waals surface area contributed by atoms with Crippen molar-refractivity contribution in [3.63, 3.8) is 0 Å². The number of rotatable bonds is 6. The van der Waals surface area contributed by atoms with Crippen molar-refractivity contribution < 1.29 is 4.74 Å². The first-order chi connectivity index (χ1) is 9.75. The highest BCUT2D eigenvalue weighted by Crippen LogP contribution is 2.22. The molecule has 3 nitrogen and oxygen atoms in total. The molecule has 2 aromatic rings. The van der Waals surface area contributed by atoms with Gasteiger partial charge in [-0.05, 0) is 42.2 Å². The van der Waals surface area contributed by atoms with E-state index in [4.69, 9.17) is 10.5 Å². The molecule has 106 valence electrons. The number of aryl methyl sites for hydroxylation is 2. The second-order valence-electron chi connectivity index (χ2n) is 4.86. The van der Waals surface area contributed by atoms with Gasteiger partial charge in [-0.25, -0.2) is 4.98 Å². The van der Waals surface area contributed by atoms with Crippen LogP contribution in [-0.4, -0.2) is 4.98 Å². The fraction of sp³-hybridized carbons (Fsp3) is 0.353. The Kier molecular flexibility index (Phi) is 5.13. The molecule has 0 amide bonds. The second kappa shape index (κ2) is 7.06. The maximum Gasteiger partial charge on any atom is 0.219 e. The van der Waals surface area contributed by atoms with Gasteiger partial charge >= 0.3 is 0 Å². The first kappa shape index (κ1) is 14.5. The topological polar surface area (TPSA) is 48.1 Å². The Balaban J connectivity index is 2.16. The molecular formula is C17H22N2O. The largest absolute Gasteiger partial charge is 0.439 e. The summed E-state index contributed by atoms with van der Waals surface area (Å²) in [7, 11) is 0. The Morgan fingerprint density at radius 1 is 1.05 bits per heavy atom. The summed E-state index contributed by atoms with van der Waals surface area (Å²) in [6.07, 6.45) is 3.13. The van der Waals surface area contributed by atoms with E-state index in [1.165, 1.54) is 5.56 Å². The number of benzene rings is 1. The van der Waals surface area contributed by atoms with Crippen molar-refractivity contribution in [3.05, 3.63) is 53.2 Å². The van der Waals surface area contributed by atoms with Gasteiger partial charge in [0.05, 0.1) is 0 Å². The molecule has 0 saturated heterocycles. The number of ether oxygens (including phenoxy) is 1. The average Bonchev–Trinajstić information content (AvgIpc) is 2.49. The standard InChI is InChI=1S/C17H22N2O/c1-3-5-13-6-8-16(9-7-13)20-17-11-14(12-18)10-15(4-2)19-17/h6-11H,3-5,12,18H2,1-2H3. The Morgan fingerprint density at radius 3 is 2.40 bits per heavy atom. The number of aromatic nitrogens is 1. The Morgan fingerprint density at radius 2 is 1.80 bits per heavy atom. The summed E-state index contributed by atoms with van der Waals surface area (Å²) >= 11 is 0. The molecule has 0 spiro atoms. The molecule has 0 radical (unpaired) electrons. The van der Waals surface area contributed by atoms with Gasteiger partial charge in [0.15, 0.2) is 0 Å². The van der Waals surface area contributed by atoms with E-state index in [-0.39, 0.29) is 0 Å². The van der Waals surface area contributed by atoms with Crippen LogP contribution in [0.15, 0.2) is 36.4 Å². The molecule has 0 unspecified atom stereocenters. The quantitative estimate of drug-likeness (QED) is 0.867. The van der Waals surface area contributed by atoms with Gasteiger partial charge in [0.1, 0.15) is 5.75 Å². The maximum absolute atomic E-state index is 5.83. The average molecular weight is 270 g/mol. The summed E-state index contributed by atoms with van der Waals surface area (Å²) in [5, 5.41) is 0. The monoisotopic (exact) mass is 270 g/mol. The minimum absolute atomic E-state index is 0.501. The third-order valence-corrected chi connectivity index (χ3v) is 3.20. The summed E-state index contributed by atoms with van der Waals surface area (Å²) in [5.41, 5.74) is 9.09. The minimum atomic E-state index is 0.501. The van der Waals surface area contributed by atoms with Crippen LogP contribution < -0.4 is 10.5 Å². The van der Waals surface area contributed by atoms with E-state index in [1.54, 1.807) is 0 Å². The molecule has 0 aliphatic carbocycles. The van der Waals surface area contributed by atoms with Crippen molar-refractivity contribution >= 4 is 0 Å². The van der Waals surface area contributed by atoms with Crippen molar-refractivity contribution in [2.45, 2.75) is 39.7 Å². The highest BCUT2D eigenvalue weighted by Gasteiger charge is 2.04. The molecule has 3 heteroatoms. The maximum atomic E-state index is 5.83. The third kappa shape index (κ3) is 3.81. The molecule has 0 aliphatic heterocycles. The lowest BCUT2D eigenvalue weighted by molar-refractivity contribution is 0.460. The van der Waals surface area contributed by atoms with Crippen LogP contribution in [0.1, 0.15) is 37.1 Å². The molecule has 2 N–H and O–H groups in total. The van der Waals surface area contributed by atoms with Crippen molar-refractivity contribution in [1.82, 2.24) is 4.98 Å². The molecule has 1 aromatic carbocycles. The molecule has 0 atom stereocenters. The summed E-state index contributed by atoms with van der Waals surface area (Å²) < 4.78 is 5.83. The lowest BCUT2D eigenvalue weighted by Gasteiger charge is -2.09. The van der Waals surface area contributed by atoms with Crippen LogP contribution >= 0.6 is 0 Å². The number of hydrogen-bond acceptors (Lipinski definition) is 3. The van der Waals surface area contributed by atoms with E-state index in [0.717, 1.165) is 36.3 Å². The van der Waals surface area contributed by atoms with Crippen LogP contribution in [0.25, 0.3) is 0 Å². The number of pyridine rings is 1. The summed E-state index contributed by atoms with van der Waals surface area (Å²) in [4.78, 5) is 4.48. The van der Waals surface area contributed by atoms with Crippen molar-refractivity contribution in [2.24, 2.45) is 5.73 Å². The normalized spacial score (nSPS) is 10.6. The predicted octanol–water partition coefficient (Wildman–Crippen LogP) is 3.85. The van der Waals surface area contributed by atoms with Crippen LogP contribution in [0.5, 0.6) is 11.6 Å². The van der Waals surface area contributed by atoms with Crippen LogP contribution in [0, 0.1) is 0 Å². The summed E-state index contributed by atoms with van der Waals surface area (Å²) in [6, 6.07) is 12.1. The van der Waals surface area contributed by atoms with Gasteiger partial charge in [-0.15, -0.1) is 0 Å².